The third-order valence-corrected chi connectivity index (χ3v) is 1.96. The zero-order valence-electron chi connectivity index (χ0n) is 5.30. The highest BCUT2D eigenvalue weighted by atomic mass is 16.4. The van der Waals surface area contributed by atoms with Crippen molar-refractivity contribution in [3.63, 3.8) is 0 Å². The molecule has 52 valence electrons. The van der Waals surface area contributed by atoms with Gasteiger partial charge in [0.15, 0.2) is 0 Å². The van der Waals surface area contributed by atoms with Gasteiger partial charge in [0, 0.05) is 0 Å². The molecule has 0 heterocycles. The first-order valence-corrected chi connectivity index (χ1v) is 3.26. The molecular weight excluding hydrogens is 118 g/mol. The van der Waals surface area contributed by atoms with E-state index in [1.165, 1.54) is 0 Å². The Hall–Kier alpha value is -0.570. The van der Waals surface area contributed by atoms with Crippen LogP contribution in [0.1, 0.15) is 19.3 Å². The molecule has 1 aliphatic rings. The van der Waals surface area contributed by atoms with E-state index in [2.05, 4.69) is 5.73 Å². The summed E-state index contributed by atoms with van der Waals surface area (Å²) in [7, 11) is 0. The quantitative estimate of drug-likeness (QED) is 0.451. The van der Waals surface area contributed by atoms with Crippen LogP contribution in [0.4, 0.5) is 0 Å². The lowest BCUT2D eigenvalue weighted by molar-refractivity contribution is -0.431. The van der Waals surface area contributed by atoms with E-state index in [0.29, 0.717) is 0 Å². The van der Waals surface area contributed by atoms with Gasteiger partial charge in [-0.3, -0.25) is 0 Å². The van der Waals surface area contributed by atoms with Gasteiger partial charge >= 0.3 is 0 Å². The summed E-state index contributed by atoms with van der Waals surface area (Å²) >= 11 is 0. The minimum absolute atomic E-state index is 0.0926. The number of carbonyl (C=O) groups excluding carboxylic acids is 1. The molecule has 0 aromatic rings. The molecule has 0 radical (unpaired) electrons. The van der Waals surface area contributed by atoms with Gasteiger partial charge in [-0.15, -0.1) is 0 Å². The number of carboxylic acids is 1. The van der Waals surface area contributed by atoms with E-state index >= 15 is 0 Å². The first kappa shape index (κ1) is 6.55. The van der Waals surface area contributed by atoms with Crippen molar-refractivity contribution in [2.75, 3.05) is 0 Å². The molecule has 1 aliphatic carbocycles. The Morgan fingerprint density at radius 2 is 2.22 bits per heavy atom. The van der Waals surface area contributed by atoms with Crippen molar-refractivity contribution >= 4 is 5.97 Å². The van der Waals surface area contributed by atoms with Gasteiger partial charge in [-0.05, 0) is 19.3 Å². The monoisotopic (exact) mass is 129 g/mol. The summed E-state index contributed by atoms with van der Waals surface area (Å²) in [6, 6.07) is 0.0926. The molecule has 0 amide bonds. The predicted molar refractivity (Wildman–Crippen MR) is 29.0 cm³/mol. The van der Waals surface area contributed by atoms with Gasteiger partial charge in [-0.2, -0.15) is 0 Å². The molecule has 1 saturated carbocycles. The molecule has 0 bridgehead atoms. The number of aliphatic carboxylic acids is 1. The maximum absolute atomic E-state index is 10.3. The van der Waals surface area contributed by atoms with Crippen LogP contribution in [0, 0.1) is 5.92 Å². The van der Waals surface area contributed by atoms with E-state index in [4.69, 9.17) is 0 Å². The van der Waals surface area contributed by atoms with Crippen molar-refractivity contribution in [1.29, 1.82) is 0 Å². The minimum Gasteiger partial charge on any atom is -0.550 e. The number of quaternary nitrogens is 1. The fourth-order valence-corrected chi connectivity index (χ4v) is 1.35. The molecule has 1 rings (SSSR count). The zero-order valence-corrected chi connectivity index (χ0v) is 5.30. The number of rotatable bonds is 1. The molecule has 0 unspecified atom stereocenters. The number of carbonyl (C=O) groups is 1. The van der Waals surface area contributed by atoms with E-state index in [1.54, 1.807) is 0 Å². The molecule has 0 aromatic carbocycles. The summed E-state index contributed by atoms with van der Waals surface area (Å²) in [4.78, 5) is 10.3. The second-order valence-electron chi connectivity index (χ2n) is 2.62. The van der Waals surface area contributed by atoms with Gasteiger partial charge in [0.25, 0.3) is 0 Å². The number of hydrogen-bond donors (Lipinski definition) is 1. The molecule has 3 nitrogen and oxygen atoms in total. The van der Waals surface area contributed by atoms with Crippen LogP contribution in [0.5, 0.6) is 0 Å². The van der Waals surface area contributed by atoms with Gasteiger partial charge in [0.2, 0.25) is 0 Å². The smallest absolute Gasteiger partial charge is 0.0924 e. The minimum atomic E-state index is -0.924. The summed E-state index contributed by atoms with van der Waals surface area (Å²) in [5.41, 5.74) is 3.72. The molecule has 0 saturated heterocycles. The Labute approximate surface area is 53.9 Å². The summed E-state index contributed by atoms with van der Waals surface area (Å²) in [5, 5.41) is 10.3. The lowest BCUT2D eigenvalue weighted by atomic mass is 10.1. The summed E-state index contributed by atoms with van der Waals surface area (Å²) in [5.74, 6) is -1.20. The Morgan fingerprint density at radius 3 is 2.44 bits per heavy atom. The lowest BCUT2D eigenvalue weighted by Crippen LogP contribution is -2.64. The Balaban J connectivity index is 2.49. The first-order chi connectivity index (χ1) is 4.22. The fraction of sp³-hybridized carbons (Fsp3) is 0.833. The van der Waals surface area contributed by atoms with Gasteiger partial charge in [0.05, 0.1) is 17.9 Å². The van der Waals surface area contributed by atoms with Crippen LogP contribution < -0.4 is 10.8 Å². The lowest BCUT2D eigenvalue weighted by Gasteiger charge is -2.12. The van der Waals surface area contributed by atoms with Crippen molar-refractivity contribution in [2.45, 2.75) is 25.3 Å². The fourth-order valence-electron chi connectivity index (χ4n) is 1.35. The van der Waals surface area contributed by atoms with Crippen LogP contribution >= 0.6 is 0 Å². The highest BCUT2D eigenvalue weighted by Crippen LogP contribution is 2.21. The van der Waals surface area contributed by atoms with E-state index < -0.39 is 5.97 Å². The first-order valence-electron chi connectivity index (χ1n) is 3.26. The highest BCUT2D eigenvalue weighted by molar-refractivity contribution is 5.68. The molecule has 2 atom stereocenters. The highest BCUT2D eigenvalue weighted by Gasteiger charge is 2.27. The van der Waals surface area contributed by atoms with Crippen LogP contribution in [0.15, 0.2) is 0 Å². The van der Waals surface area contributed by atoms with Gasteiger partial charge in [0.1, 0.15) is 0 Å². The second kappa shape index (κ2) is 2.35. The molecule has 1 fully saturated rings. The molecule has 0 aromatic heterocycles. The van der Waals surface area contributed by atoms with Gasteiger partial charge in [-0.25, -0.2) is 0 Å². The average molecular weight is 129 g/mol. The van der Waals surface area contributed by atoms with Crippen LogP contribution in [0.25, 0.3) is 0 Å². The molecule has 0 spiro atoms. The van der Waals surface area contributed by atoms with Crippen molar-refractivity contribution in [1.82, 2.24) is 0 Å². The standard InChI is InChI=1S/C6H11NO2/c7-5-3-1-2-4(5)6(8)9/h4-5H,1-3,7H2,(H,8,9)/t4-,5+/m0/s1. The summed E-state index contributed by atoms with van der Waals surface area (Å²) in [6.45, 7) is 0. The second-order valence-corrected chi connectivity index (χ2v) is 2.62. The molecule has 3 N–H and O–H groups in total. The third-order valence-electron chi connectivity index (χ3n) is 1.96. The molecule has 0 aliphatic heterocycles. The van der Waals surface area contributed by atoms with E-state index in [-0.39, 0.29) is 12.0 Å². The van der Waals surface area contributed by atoms with Crippen molar-refractivity contribution < 1.29 is 15.6 Å². The summed E-state index contributed by atoms with van der Waals surface area (Å²) < 4.78 is 0. The number of hydrogen-bond acceptors (Lipinski definition) is 2. The van der Waals surface area contributed by atoms with Crippen LogP contribution in [0.3, 0.4) is 0 Å². The maximum atomic E-state index is 10.3. The predicted octanol–water partition coefficient (Wildman–Crippen LogP) is -1.85. The van der Waals surface area contributed by atoms with E-state index in [1.807, 2.05) is 0 Å². The van der Waals surface area contributed by atoms with Crippen LogP contribution in [-0.4, -0.2) is 12.0 Å². The van der Waals surface area contributed by atoms with E-state index in [9.17, 15) is 9.90 Å². The van der Waals surface area contributed by atoms with Crippen LogP contribution in [-0.2, 0) is 4.79 Å². The van der Waals surface area contributed by atoms with E-state index in [0.717, 1.165) is 19.3 Å². The van der Waals surface area contributed by atoms with Crippen molar-refractivity contribution in [3.05, 3.63) is 0 Å². The Bertz CT molecular complexity index is 124. The largest absolute Gasteiger partial charge is 0.550 e. The van der Waals surface area contributed by atoms with Crippen LogP contribution in [0.2, 0.25) is 0 Å². The van der Waals surface area contributed by atoms with Crippen molar-refractivity contribution in [3.8, 4) is 0 Å². The Kier molecular flexibility index (Phi) is 1.71. The maximum Gasteiger partial charge on any atom is 0.0924 e. The normalized spacial score (nSPS) is 34.8. The van der Waals surface area contributed by atoms with Gasteiger partial charge in [-0.1, -0.05) is 0 Å². The van der Waals surface area contributed by atoms with Crippen molar-refractivity contribution in [2.24, 2.45) is 5.92 Å². The summed E-state index contributed by atoms with van der Waals surface area (Å²) in [6.07, 6.45) is 2.70. The molecule has 3 heteroatoms. The van der Waals surface area contributed by atoms with Gasteiger partial charge < -0.3 is 15.6 Å². The topological polar surface area (TPSA) is 67.8 Å². The average Bonchev–Trinajstić information content (AvgIpc) is 2.13. The number of carboxylic acid groups (broad SMARTS) is 1. The third kappa shape index (κ3) is 1.21. The molecule has 9 heavy (non-hydrogen) atoms. The molecular formula is C6H11NO2. The Morgan fingerprint density at radius 1 is 1.56 bits per heavy atom. The SMILES string of the molecule is [NH3+][C@@H]1CCC[C@@H]1C(=O)[O-]. The zero-order chi connectivity index (χ0) is 6.85.